The minimum Gasteiger partial charge on any atom is -0.393 e. The second-order valence-corrected chi connectivity index (χ2v) is 4.73. The average molecular weight is 237 g/mol. The third kappa shape index (κ3) is 4.23. The summed E-state index contributed by atoms with van der Waals surface area (Å²) in [4.78, 5) is 0.985. The molecule has 1 atom stereocenters. The molecule has 72 valence electrons. The zero-order chi connectivity index (χ0) is 9.84. The van der Waals surface area contributed by atoms with Crippen molar-refractivity contribution in [3.8, 4) is 0 Å². The molecule has 0 bridgehead atoms. The molecule has 0 saturated heterocycles. The summed E-state index contributed by atoms with van der Waals surface area (Å²) >= 11 is 13.1. The molecule has 0 aliphatic heterocycles. The van der Waals surface area contributed by atoms with Crippen LogP contribution in [0, 0.1) is 0 Å². The number of hydrogen-bond acceptors (Lipinski definition) is 2. The van der Waals surface area contributed by atoms with Gasteiger partial charge in [0.25, 0.3) is 0 Å². The molecule has 0 fully saturated rings. The lowest BCUT2D eigenvalue weighted by molar-refractivity contribution is 0.220. The van der Waals surface area contributed by atoms with Gasteiger partial charge in [0.05, 0.1) is 6.10 Å². The molecule has 1 N–H and O–H groups in total. The Balaban J connectivity index is 2.66. The first-order chi connectivity index (χ1) is 6.08. The summed E-state index contributed by atoms with van der Waals surface area (Å²) in [5.41, 5.74) is 0. The van der Waals surface area contributed by atoms with Gasteiger partial charge in [-0.3, -0.25) is 0 Å². The fraction of sp³-hybridized carbons (Fsp3) is 0.333. The predicted molar refractivity (Wildman–Crippen MR) is 58.9 cm³/mol. The fourth-order valence-corrected chi connectivity index (χ4v) is 2.34. The van der Waals surface area contributed by atoms with E-state index in [1.807, 2.05) is 12.1 Å². The maximum absolute atomic E-state index is 9.07. The van der Waals surface area contributed by atoms with Crippen molar-refractivity contribution in [2.75, 3.05) is 5.75 Å². The number of rotatable bonds is 3. The molecular weight excluding hydrogens is 227 g/mol. The van der Waals surface area contributed by atoms with Crippen LogP contribution >= 0.6 is 35.0 Å². The van der Waals surface area contributed by atoms with Gasteiger partial charge in [-0.1, -0.05) is 23.2 Å². The van der Waals surface area contributed by atoms with Crippen LogP contribution in [0.2, 0.25) is 10.0 Å². The minimum absolute atomic E-state index is 0.317. The van der Waals surface area contributed by atoms with Gasteiger partial charge in [-0.05, 0) is 25.1 Å². The Bertz CT molecular complexity index is 269. The number of aliphatic hydroxyl groups excluding tert-OH is 1. The van der Waals surface area contributed by atoms with E-state index in [2.05, 4.69) is 0 Å². The Morgan fingerprint density at radius 2 is 1.85 bits per heavy atom. The zero-order valence-corrected chi connectivity index (χ0v) is 9.46. The number of aliphatic hydroxyl groups is 1. The fourth-order valence-electron chi connectivity index (χ4n) is 0.829. The molecule has 0 heterocycles. The second-order valence-electron chi connectivity index (χ2n) is 2.77. The highest BCUT2D eigenvalue weighted by Crippen LogP contribution is 2.26. The Kier molecular flexibility index (Phi) is 4.39. The van der Waals surface area contributed by atoms with Crippen LogP contribution in [0.3, 0.4) is 0 Å². The topological polar surface area (TPSA) is 20.2 Å². The largest absolute Gasteiger partial charge is 0.393 e. The molecule has 0 radical (unpaired) electrons. The molecular formula is C9H10Cl2OS. The van der Waals surface area contributed by atoms with Gasteiger partial charge in [0.1, 0.15) is 0 Å². The normalized spacial score (nSPS) is 12.9. The Morgan fingerprint density at radius 3 is 2.31 bits per heavy atom. The van der Waals surface area contributed by atoms with Crippen LogP contribution < -0.4 is 0 Å². The van der Waals surface area contributed by atoms with E-state index in [-0.39, 0.29) is 6.10 Å². The molecule has 0 unspecified atom stereocenters. The highest BCUT2D eigenvalue weighted by molar-refractivity contribution is 7.99. The molecule has 0 aliphatic carbocycles. The summed E-state index contributed by atoms with van der Waals surface area (Å²) in [6.45, 7) is 1.75. The van der Waals surface area contributed by atoms with Crippen molar-refractivity contribution in [3.05, 3.63) is 28.2 Å². The highest BCUT2D eigenvalue weighted by atomic mass is 35.5. The van der Waals surface area contributed by atoms with Gasteiger partial charge in [-0.15, -0.1) is 11.8 Å². The first-order valence-corrected chi connectivity index (χ1v) is 5.59. The van der Waals surface area contributed by atoms with E-state index in [9.17, 15) is 0 Å². The van der Waals surface area contributed by atoms with E-state index in [4.69, 9.17) is 28.3 Å². The van der Waals surface area contributed by atoms with Gasteiger partial charge in [0.2, 0.25) is 0 Å². The van der Waals surface area contributed by atoms with Crippen LogP contribution in [0.4, 0.5) is 0 Å². The molecule has 1 aromatic rings. The van der Waals surface area contributed by atoms with Crippen LogP contribution in [0.25, 0.3) is 0 Å². The molecule has 4 heteroatoms. The lowest BCUT2D eigenvalue weighted by Gasteiger charge is -2.04. The second kappa shape index (κ2) is 5.11. The van der Waals surface area contributed by atoms with Crippen molar-refractivity contribution in [2.24, 2.45) is 0 Å². The van der Waals surface area contributed by atoms with E-state index in [0.29, 0.717) is 15.8 Å². The van der Waals surface area contributed by atoms with Crippen molar-refractivity contribution in [3.63, 3.8) is 0 Å². The average Bonchev–Trinajstić information content (AvgIpc) is 1.99. The molecule has 0 aromatic heterocycles. The van der Waals surface area contributed by atoms with E-state index in [0.717, 1.165) is 4.90 Å². The summed E-state index contributed by atoms with van der Waals surface area (Å²) < 4.78 is 0. The van der Waals surface area contributed by atoms with Gasteiger partial charge in [0.15, 0.2) is 0 Å². The molecule has 0 amide bonds. The third-order valence-corrected chi connectivity index (χ3v) is 2.98. The van der Waals surface area contributed by atoms with Crippen molar-refractivity contribution in [1.29, 1.82) is 0 Å². The zero-order valence-electron chi connectivity index (χ0n) is 7.13. The molecule has 0 aliphatic rings. The molecule has 0 spiro atoms. The molecule has 1 nitrogen and oxygen atoms in total. The Morgan fingerprint density at radius 1 is 1.31 bits per heavy atom. The highest BCUT2D eigenvalue weighted by Gasteiger charge is 2.01. The van der Waals surface area contributed by atoms with Crippen molar-refractivity contribution >= 4 is 35.0 Å². The number of halogens is 2. The maximum Gasteiger partial charge on any atom is 0.0606 e. The first-order valence-electron chi connectivity index (χ1n) is 3.85. The van der Waals surface area contributed by atoms with Gasteiger partial charge in [-0.2, -0.15) is 0 Å². The van der Waals surface area contributed by atoms with Crippen molar-refractivity contribution in [1.82, 2.24) is 0 Å². The van der Waals surface area contributed by atoms with Crippen molar-refractivity contribution in [2.45, 2.75) is 17.9 Å². The van der Waals surface area contributed by atoms with Crippen LogP contribution in [-0.2, 0) is 0 Å². The summed E-state index contributed by atoms with van der Waals surface area (Å²) in [7, 11) is 0. The van der Waals surface area contributed by atoms with E-state index in [1.54, 1.807) is 13.0 Å². The minimum atomic E-state index is -0.317. The van der Waals surface area contributed by atoms with Gasteiger partial charge < -0.3 is 5.11 Å². The molecule has 1 aromatic carbocycles. The van der Waals surface area contributed by atoms with Crippen molar-refractivity contribution < 1.29 is 5.11 Å². The lowest BCUT2D eigenvalue weighted by atomic mass is 10.4. The number of thioether (sulfide) groups is 1. The smallest absolute Gasteiger partial charge is 0.0606 e. The molecule has 1 rings (SSSR count). The van der Waals surface area contributed by atoms with Crippen LogP contribution in [-0.4, -0.2) is 17.0 Å². The van der Waals surface area contributed by atoms with Crippen LogP contribution in [0.15, 0.2) is 23.1 Å². The van der Waals surface area contributed by atoms with E-state index >= 15 is 0 Å². The summed E-state index contributed by atoms with van der Waals surface area (Å²) in [5, 5.41) is 10.3. The summed E-state index contributed by atoms with van der Waals surface area (Å²) in [5.74, 6) is 0.649. The monoisotopic (exact) mass is 236 g/mol. The number of hydrogen-bond donors (Lipinski definition) is 1. The SMILES string of the molecule is C[C@H](O)CSc1cc(Cl)cc(Cl)c1. The Hall–Kier alpha value is 0.110. The van der Waals surface area contributed by atoms with E-state index in [1.165, 1.54) is 11.8 Å². The van der Waals surface area contributed by atoms with Crippen LogP contribution in [0.1, 0.15) is 6.92 Å². The summed E-state index contributed by atoms with van der Waals surface area (Å²) in [6.07, 6.45) is -0.317. The van der Waals surface area contributed by atoms with E-state index < -0.39 is 0 Å². The number of benzene rings is 1. The quantitative estimate of drug-likeness (QED) is 0.812. The lowest BCUT2D eigenvalue weighted by Crippen LogP contribution is -2.02. The maximum atomic E-state index is 9.07. The standard InChI is InChI=1S/C9H10Cl2OS/c1-6(12)5-13-9-3-7(10)2-8(11)4-9/h2-4,6,12H,5H2,1H3/t6-/m0/s1. The summed E-state index contributed by atoms with van der Waals surface area (Å²) in [6, 6.07) is 5.36. The Labute approximate surface area is 92.1 Å². The molecule has 0 saturated carbocycles. The van der Waals surface area contributed by atoms with Gasteiger partial charge in [-0.25, -0.2) is 0 Å². The van der Waals surface area contributed by atoms with Gasteiger partial charge in [0, 0.05) is 20.7 Å². The predicted octanol–water partition coefficient (Wildman–Crippen LogP) is 3.47. The van der Waals surface area contributed by atoms with Crippen LogP contribution in [0.5, 0.6) is 0 Å². The first kappa shape index (κ1) is 11.2. The molecule has 13 heavy (non-hydrogen) atoms. The third-order valence-electron chi connectivity index (χ3n) is 1.33. The van der Waals surface area contributed by atoms with Gasteiger partial charge >= 0.3 is 0 Å².